The molecule has 1 heterocycles. The molecule has 0 aromatic heterocycles. The van der Waals surface area contributed by atoms with Crippen LogP contribution in [-0.2, 0) is 47.7 Å². The minimum Gasteiger partial charge on any atom is -0.465 e. The monoisotopic (exact) mass is 468 g/mol. The van der Waals surface area contributed by atoms with Crippen LogP contribution < -0.4 is 11.1 Å². The molecule has 1 aliphatic heterocycles. The normalized spacial score (nSPS) is 29.1. The molecule has 1 fully saturated rings. The smallest absolute Gasteiger partial charge is 0.375 e. The molecule has 3 N–H and O–H groups in total. The lowest BCUT2D eigenvalue weighted by Gasteiger charge is -2.47. The van der Waals surface area contributed by atoms with E-state index in [1.807, 2.05) is 0 Å². The van der Waals surface area contributed by atoms with Crippen molar-refractivity contribution in [2.45, 2.75) is 70.1 Å². The van der Waals surface area contributed by atoms with Gasteiger partial charge in [0.15, 0.2) is 18.4 Å². The number of hydrogen-bond acceptors (Lipinski definition) is 11. The number of halogens is 2. The molecule has 14 heteroatoms. The first-order valence-electron chi connectivity index (χ1n) is 9.34. The highest BCUT2D eigenvalue weighted by molar-refractivity contribution is 5.79. The molecule has 7 atom stereocenters. The van der Waals surface area contributed by atoms with Gasteiger partial charge in [-0.2, -0.15) is 4.39 Å². The summed E-state index contributed by atoms with van der Waals surface area (Å²) in [5.41, 5.74) is 5.77. The van der Waals surface area contributed by atoms with Gasteiger partial charge in [-0.05, 0) is 0 Å². The van der Waals surface area contributed by atoms with E-state index < -0.39 is 78.8 Å². The Morgan fingerprint density at radius 1 is 1.06 bits per heavy atom. The molecule has 1 amide bonds. The Morgan fingerprint density at radius 3 is 2.06 bits per heavy atom. The molecule has 1 rings (SSSR count). The van der Waals surface area contributed by atoms with Crippen molar-refractivity contribution in [3.63, 3.8) is 0 Å². The van der Waals surface area contributed by atoms with Crippen LogP contribution in [0.1, 0.15) is 27.7 Å². The van der Waals surface area contributed by atoms with E-state index >= 15 is 4.39 Å². The number of esters is 4. The fourth-order valence-electron chi connectivity index (χ4n) is 3.12. The molecule has 0 unspecified atom stereocenters. The summed E-state index contributed by atoms with van der Waals surface area (Å²) in [5, 5.41) is 2.25. The van der Waals surface area contributed by atoms with Crippen LogP contribution in [0.4, 0.5) is 8.78 Å². The second-order valence-electron chi connectivity index (χ2n) is 6.95. The van der Waals surface area contributed by atoms with Crippen molar-refractivity contribution in [2.24, 2.45) is 5.73 Å². The standard InChI is InChI=1S/C18H26F2N2O10/c1-7(23)22-13-12(21)16(19)18(20,17(27)28-5)32-15(13)14(31-10(4)26)11(30-9(3)25)6-29-8(2)24/h11-16H,6,21H2,1-5H3,(H,22,23)/t11-,12+,13+,14-,15+,16+,18+/m0/s1. The highest BCUT2D eigenvalue weighted by Gasteiger charge is 2.63. The lowest BCUT2D eigenvalue weighted by molar-refractivity contribution is -0.280. The Balaban J connectivity index is 3.56. The number of alkyl halides is 2. The molecule has 182 valence electrons. The van der Waals surface area contributed by atoms with E-state index in [0.29, 0.717) is 0 Å². The van der Waals surface area contributed by atoms with Crippen molar-refractivity contribution < 1.29 is 56.4 Å². The average molecular weight is 468 g/mol. The van der Waals surface area contributed by atoms with Crippen LogP contribution in [0.2, 0.25) is 0 Å². The van der Waals surface area contributed by atoms with Crippen LogP contribution in [0.25, 0.3) is 0 Å². The SMILES string of the molecule is COC(=O)[C@]1(F)O[C@@H]([C@@H](OC(C)=O)[C@H](COC(C)=O)OC(C)=O)[C@H](NC(C)=O)[C@@H](N)[C@H]1F. The fourth-order valence-corrected chi connectivity index (χ4v) is 3.12. The molecule has 0 bridgehead atoms. The third-order valence-electron chi connectivity index (χ3n) is 4.36. The van der Waals surface area contributed by atoms with E-state index in [4.69, 9.17) is 24.7 Å². The zero-order valence-corrected chi connectivity index (χ0v) is 18.1. The third-order valence-corrected chi connectivity index (χ3v) is 4.36. The van der Waals surface area contributed by atoms with Crippen molar-refractivity contribution in [1.29, 1.82) is 0 Å². The molecule has 32 heavy (non-hydrogen) atoms. The van der Waals surface area contributed by atoms with Crippen LogP contribution >= 0.6 is 0 Å². The van der Waals surface area contributed by atoms with E-state index in [0.717, 1.165) is 34.8 Å². The van der Waals surface area contributed by atoms with Crippen molar-refractivity contribution in [3.8, 4) is 0 Å². The molecule has 1 aliphatic rings. The molecule has 0 aliphatic carbocycles. The van der Waals surface area contributed by atoms with Gasteiger partial charge in [0.05, 0.1) is 19.2 Å². The first-order chi connectivity index (χ1) is 14.7. The maximum absolute atomic E-state index is 15.3. The summed E-state index contributed by atoms with van der Waals surface area (Å²) in [6, 6.07) is -3.47. The van der Waals surface area contributed by atoms with Gasteiger partial charge in [0.25, 0.3) is 0 Å². The number of rotatable bonds is 8. The van der Waals surface area contributed by atoms with Gasteiger partial charge in [0.1, 0.15) is 12.7 Å². The van der Waals surface area contributed by atoms with Crippen molar-refractivity contribution in [1.82, 2.24) is 5.32 Å². The van der Waals surface area contributed by atoms with E-state index in [9.17, 15) is 28.4 Å². The summed E-state index contributed by atoms with van der Waals surface area (Å²) < 4.78 is 54.3. The number of nitrogens with one attached hydrogen (secondary N) is 1. The van der Waals surface area contributed by atoms with Crippen LogP contribution in [0, 0.1) is 0 Å². The largest absolute Gasteiger partial charge is 0.465 e. The van der Waals surface area contributed by atoms with Crippen LogP contribution in [-0.4, -0.2) is 85.9 Å². The molecule has 0 spiro atoms. The Kier molecular flexibility index (Phi) is 9.45. The Hall–Kier alpha value is -2.87. The first-order valence-corrected chi connectivity index (χ1v) is 9.34. The molecule has 0 radical (unpaired) electrons. The van der Waals surface area contributed by atoms with Gasteiger partial charge in [-0.15, -0.1) is 0 Å². The summed E-state index contributed by atoms with van der Waals surface area (Å²) >= 11 is 0. The second-order valence-corrected chi connectivity index (χ2v) is 6.95. The molecule has 12 nitrogen and oxygen atoms in total. The number of ether oxygens (including phenoxy) is 5. The molecule has 1 saturated heterocycles. The van der Waals surface area contributed by atoms with Gasteiger partial charge in [0, 0.05) is 27.7 Å². The van der Waals surface area contributed by atoms with Gasteiger partial charge in [-0.3, -0.25) is 19.2 Å². The number of carbonyl (C=O) groups is 5. The average Bonchev–Trinajstić information content (AvgIpc) is 2.68. The number of nitrogens with two attached hydrogens (primary N) is 1. The summed E-state index contributed by atoms with van der Waals surface area (Å²) in [4.78, 5) is 58.2. The van der Waals surface area contributed by atoms with Gasteiger partial charge in [-0.25, -0.2) is 9.18 Å². The van der Waals surface area contributed by atoms with Gasteiger partial charge in [-0.1, -0.05) is 0 Å². The highest BCUT2D eigenvalue weighted by Crippen LogP contribution is 2.36. The van der Waals surface area contributed by atoms with Crippen molar-refractivity contribution >= 4 is 29.8 Å². The summed E-state index contributed by atoms with van der Waals surface area (Å²) in [6.07, 6.45) is -8.09. The molecular weight excluding hydrogens is 442 g/mol. The van der Waals surface area contributed by atoms with Crippen LogP contribution in [0.15, 0.2) is 0 Å². The quantitative estimate of drug-likeness (QED) is 0.325. The molecule has 0 aromatic rings. The number of hydrogen-bond donors (Lipinski definition) is 2. The van der Waals surface area contributed by atoms with E-state index in [2.05, 4.69) is 10.1 Å². The maximum atomic E-state index is 15.3. The van der Waals surface area contributed by atoms with E-state index in [1.54, 1.807) is 0 Å². The lowest BCUT2D eigenvalue weighted by atomic mass is 9.86. The van der Waals surface area contributed by atoms with Crippen LogP contribution in [0.3, 0.4) is 0 Å². The summed E-state index contributed by atoms with van der Waals surface area (Å²) in [6.45, 7) is 3.32. The highest BCUT2D eigenvalue weighted by atomic mass is 19.2. The predicted octanol–water partition coefficient (Wildman–Crippen LogP) is -1.18. The first kappa shape index (κ1) is 27.2. The van der Waals surface area contributed by atoms with Gasteiger partial charge < -0.3 is 34.7 Å². The topological polar surface area (TPSA) is 170 Å². The fraction of sp³-hybridized carbons (Fsp3) is 0.722. The minimum atomic E-state index is -3.76. The second kappa shape index (κ2) is 11.1. The van der Waals surface area contributed by atoms with Crippen molar-refractivity contribution in [3.05, 3.63) is 0 Å². The zero-order valence-electron chi connectivity index (χ0n) is 18.1. The van der Waals surface area contributed by atoms with Gasteiger partial charge >= 0.3 is 29.7 Å². The maximum Gasteiger partial charge on any atom is 0.375 e. The molecular formula is C18H26F2N2O10. The molecule has 0 aromatic carbocycles. The summed E-state index contributed by atoms with van der Waals surface area (Å²) in [7, 11) is 0.770. The Labute approximate surface area is 182 Å². The predicted molar refractivity (Wildman–Crippen MR) is 98.9 cm³/mol. The Morgan fingerprint density at radius 2 is 1.62 bits per heavy atom. The number of carbonyl (C=O) groups excluding carboxylic acids is 5. The zero-order chi connectivity index (χ0) is 24.8. The van der Waals surface area contributed by atoms with E-state index in [1.165, 1.54) is 0 Å². The van der Waals surface area contributed by atoms with Crippen LogP contribution in [0.5, 0.6) is 0 Å². The number of amides is 1. The van der Waals surface area contributed by atoms with E-state index in [-0.39, 0.29) is 0 Å². The molecule has 0 saturated carbocycles. The lowest BCUT2D eigenvalue weighted by Crippen LogP contribution is -2.73. The Bertz CT molecular complexity index is 751. The van der Waals surface area contributed by atoms with Crippen molar-refractivity contribution in [2.75, 3.05) is 13.7 Å². The minimum absolute atomic E-state index is 0.689. The van der Waals surface area contributed by atoms with Gasteiger partial charge in [0.2, 0.25) is 5.91 Å². The number of methoxy groups -OCH3 is 1. The third kappa shape index (κ3) is 6.56. The summed E-state index contributed by atoms with van der Waals surface area (Å²) in [5.74, 6) is -8.99.